The molecule has 0 aromatic carbocycles. The Morgan fingerprint density at radius 1 is 1.61 bits per heavy atom. The van der Waals surface area contributed by atoms with E-state index >= 15 is 0 Å². The minimum absolute atomic E-state index is 0.120. The molecule has 7 nitrogen and oxygen atoms in total. The summed E-state index contributed by atoms with van der Waals surface area (Å²) < 4.78 is 6.23. The number of nitrogens with zero attached hydrogens (tertiary/aromatic N) is 2. The van der Waals surface area contributed by atoms with E-state index in [0.29, 0.717) is 11.4 Å². The minimum Gasteiger partial charge on any atom is -0.479 e. The number of carboxylic acids is 1. The average Bonchev–Trinajstić information content (AvgIpc) is 2.57. The molecule has 0 saturated heterocycles. The molecular formula is C11H17N3O4. The third kappa shape index (κ3) is 2.86. The average molecular weight is 255 g/mol. The Hall–Kier alpha value is -1.89. The molecule has 18 heavy (non-hydrogen) atoms. The smallest absolute Gasteiger partial charge is 0.331 e. The number of amides is 1. The molecule has 1 unspecified atom stereocenters. The van der Waals surface area contributed by atoms with Crippen LogP contribution < -0.4 is 5.32 Å². The molecule has 0 bridgehead atoms. The van der Waals surface area contributed by atoms with Crippen molar-refractivity contribution in [2.45, 2.75) is 19.4 Å². The molecule has 1 heterocycles. The van der Waals surface area contributed by atoms with E-state index in [9.17, 15) is 9.59 Å². The van der Waals surface area contributed by atoms with Gasteiger partial charge in [-0.05, 0) is 19.9 Å². The number of aromatic nitrogens is 2. The molecule has 7 heteroatoms. The lowest BCUT2D eigenvalue weighted by atomic mass is 10.0. The molecule has 0 aliphatic rings. The maximum atomic E-state index is 12.0. The Balaban J connectivity index is 2.92. The maximum absolute atomic E-state index is 12.0. The van der Waals surface area contributed by atoms with Crippen LogP contribution in [0.2, 0.25) is 0 Å². The van der Waals surface area contributed by atoms with Gasteiger partial charge in [0.1, 0.15) is 5.69 Å². The van der Waals surface area contributed by atoms with E-state index < -0.39 is 17.4 Å². The van der Waals surface area contributed by atoms with Gasteiger partial charge >= 0.3 is 5.97 Å². The second-order valence-electron chi connectivity index (χ2n) is 4.32. The zero-order chi connectivity index (χ0) is 13.9. The standard InChI is InChI=1S/C11H17N3O4/c1-7-5-8(14(3)13-7)9(15)12-11(2,6-18-4)10(16)17/h5H,6H2,1-4H3,(H,12,15)(H,16,17). The van der Waals surface area contributed by atoms with Crippen LogP contribution in [0.1, 0.15) is 23.1 Å². The molecule has 1 rings (SSSR count). The SMILES string of the molecule is COCC(C)(NC(=O)c1cc(C)nn1C)C(=O)O. The molecule has 1 amide bonds. The minimum atomic E-state index is -1.47. The third-order valence-electron chi connectivity index (χ3n) is 2.53. The van der Waals surface area contributed by atoms with Gasteiger partial charge in [0.25, 0.3) is 5.91 Å². The number of carboxylic acid groups (broad SMARTS) is 1. The molecule has 0 aliphatic carbocycles. The molecule has 0 spiro atoms. The van der Waals surface area contributed by atoms with Crippen molar-refractivity contribution in [1.82, 2.24) is 15.1 Å². The molecule has 0 fully saturated rings. The normalized spacial score (nSPS) is 14.0. The van der Waals surface area contributed by atoms with E-state index in [-0.39, 0.29) is 6.61 Å². The van der Waals surface area contributed by atoms with E-state index in [4.69, 9.17) is 9.84 Å². The van der Waals surface area contributed by atoms with Gasteiger partial charge < -0.3 is 15.2 Å². The Labute approximate surface area is 105 Å². The van der Waals surface area contributed by atoms with Gasteiger partial charge in [-0.3, -0.25) is 9.48 Å². The van der Waals surface area contributed by atoms with Crippen molar-refractivity contribution in [1.29, 1.82) is 0 Å². The number of aryl methyl sites for hydroxylation is 2. The summed E-state index contributed by atoms with van der Waals surface area (Å²) in [6.07, 6.45) is 0. The van der Waals surface area contributed by atoms with E-state index in [1.165, 1.54) is 18.7 Å². The van der Waals surface area contributed by atoms with Crippen LogP contribution in [-0.2, 0) is 16.6 Å². The first-order chi connectivity index (χ1) is 8.30. The van der Waals surface area contributed by atoms with Crippen molar-refractivity contribution in [3.8, 4) is 0 Å². The van der Waals surface area contributed by atoms with Gasteiger partial charge in [0.05, 0.1) is 12.3 Å². The topological polar surface area (TPSA) is 93.5 Å². The lowest BCUT2D eigenvalue weighted by Gasteiger charge is -2.25. The first-order valence-electron chi connectivity index (χ1n) is 5.35. The van der Waals surface area contributed by atoms with E-state index in [0.717, 1.165) is 0 Å². The summed E-state index contributed by atoms with van der Waals surface area (Å²) in [6, 6.07) is 1.59. The predicted octanol–water partition coefficient (Wildman–Crippen LogP) is -0.0520. The second kappa shape index (κ2) is 5.18. The van der Waals surface area contributed by atoms with Crippen LogP contribution >= 0.6 is 0 Å². The van der Waals surface area contributed by atoms with Crippen LogP contribution in [0.15, 0.2) is 6.07 Å². The third-order valence-corrected chi connectivity index (χ3v) is 2.53. The van der Waals surface area contributed by atoms with Gasteiger partial charge in [0, 0.05) is 14.2 Å². The van der Waals surface area contributed by atoms with E-state index in [2.05, 4.69) is 10.4 Å². The first-order valence-corrected chi connectivity index (χ1v) is 5.35. The number of nitrogens with one attached hydrogen (secondary N) is 1. The highest BCUT2D eigenvalue weighted by Crippen LogP contribution is 2.08. The predicted molar refractivity (Wildman–Crippen MR) is 63.3 cm³/mol. The summed E-state index contributed by atoms with van der Waals surface area (Å²) in [6.45, 7) is 3.02. The number of ether oxygens (including phenoxy) is 1. The molecule has 2 N–H and O–H groups in total. The van der Waals surface area contributed by atoms with Gasteiger partial charge in [-0.25, -0.2) is 4.79 Å². The van der Waals surface area contributed by atoms with Crippen molar-refractivity contribution in [3.63, 3.8) is 0 Å². The molecule has 0 aliphatic heterocycles. The summed E-state index contributed by atoms with van der Waals surface area (Å²) in [5, 5.41) is 15.6. The van der Waals surface area contributed by atoms with Crippen molar-refractivity contribution in [3.05, 3.63) is 17.5 Å². The quantitative estimate of drug-likeness (QED) is 0.769. The highest BCUT2D eigenvalue weighted by Gasteiger charge is 2.35. The number of hydrogen-bond acceptors (Lipinski definition) is 4. The fourth-order valence-corrected chi connectivity index (χ4v) is 1.58. The Morgan fingerprint density at radius 2 is 2.22 bits per heavy atom. The highest BCUT2D eigenvalue weighted by atomic mass is 16.5. The fourth-order valence-electron chi connectivity index (χ4n) is 1.58. The van der Waals surface area contributed by atoms with Gasteiger partial charge in [-0.1, -0.05) is 0 Å². The van der Waals surface area contributed by atoms with Crippen LogP contribution in [-0.4, -0.2) is 46.0 Å². The Kier molecular flexibility index (Phi) is 4.07. The van der Waals surface area contributed by atoms with Gasteiger partial charge in [-0.15, -0.1) is 0 Å². The number of aliphatic carboxylic acids is 1. The summed E-state index contributed by atoms with van der Waals surface area (Å²) in [5.41, 5.74) is -0.480. The fraction of sp³-hybridized carbons (Fsp3) is 0.545. The summed E-state index contributed by atoms with van der Waals surface area (Å²) >= 11 is 0. The van der Waals surface area contributed by atoms with Gasteiger partial charge in [0.15, 0.2) is 5.54 Å². The van der Waals surface area contributed by atoms with Crippen LogP contribution in [0.3, 0.4) is 0 Å². The van der Waals surface area contributed by atoms with Crippen LogP contribution in [0, 0.1) is 6.92 Å². The molecule has 0 saturated carbocycles. The highest BCUT2D eigenvalue weighted by molar-refractivity contribution is 5.96. The molecule has 1 aromatic heterocycles. The largest absolute Gasteiger partial charge is 0.479 e. The first kappa shape index (κ1) is 14.2. The van der Waals surface area contributed by atoms with Crippen molar-refractivity contribution in [2.24, 2.45) is 7.05 Å². The monoisotopic (exact) mass is 255 g/mol. The zero-order valence-electron chi connectivity index (χ0n) is 10.9. The van der Waals surface area contributed by atoms with Crippen molar-refractivity contribution < 1.29 is 19.4 Å². The lowest BCUT2D eigenvalue weighted by Crippen LogP contribution is -2.55. The second-order valence-corrected chi connectivity index (χ2v) is 4.32. The van der Waals surface area contributed by atoms with Gasteiger partial charge in [0.2, 0.25) is 0 Å². The van der Waals surface area contributed by atoms with Gasteiger partial charge in [-0.2, -0.15) is 5.10 Å². The van der Waals surface area contributed by atoms with Crippen molar-refractivity contribution >= 4 is 11.9 Å². The van der Waals surface area contributed by atoms with Crippen molar-refractivity contribution in [2.75, 3.05) is 13.7 Å². The molecule has 0 radical (unpaired) electrons. The number of methoxy groups -OCH3 is 1. The molecule has 1 aromatic rings. The summed E-state index contributed by atoms with van der Waals surface area (Å²) in [5.74, 6) is -1.66. The van der Waals surface area contributed by atoms with E-state index in [1.807, 2.05) is 0 Å². The van der Waals surface area contributed by atoms with Crippen LogP contribution in [0.4, 0.5) is 0 Å². The molecule has 1 atom stereocenters. The number of carbonyl (C=O) groups excluding carboxylic acids is 1. The zero-order valence-corrected chi connectivity index (χ0v) is 10.9. The molecule has 100 valence electrons. The summed E-state index contributed by atoms with van der Waals surface area (Å²) in [4.78, 5) is 23.1. The summed E-state index contributed by atoms with van der Waals surface area (Å²) in [7, 11) is 3.00. The molecular weight excluding hydrogens is 238 g/mol. The van der Waals surface area contributed by atoms with Crippen LogP contribution in [0.25, 0.3) is 0 Å². The van der Waals surface area contributed by atoms with Crippen LogP contribution in [0.5, 0.6) is 0 Å². The number of rotatable bonds is 5. The Morgan fingerprint density at radius 3 is 2.61 bits per heavy atom. The Bertz CT molecular complexity index is 469. The van der Waals surface area contributed by atoms with E-state index in [1.54, 1.807) is 20.0 Å². The lowest BCUT2D eigenvalue weighted by molar-refractivity contribution is -0.145. The number of hydrogen-bond donors (Lipinski definition) is 2. The number of carbonyl (C=O) groups is 2. The maximum Gasteiger partial charge on any atom is 0.331 e.